The van der Waals surface area contributed by atoms with Gasteiger partial charge in [-0.15, -0.1) is 0 Å². The average molecular weight is 484 g/mol. The molecule has 1 fully saturated rings. The minimum Gasteiger partial charge on any atom is -0.507 e. The Kier molecular flexibility index (Phi) is 5.72. The number of Topliss-reactive ketones (excluding diaryl/α,β-unsaturated/α-hetero) is 1. The zero-order valence-electron chi connectivity index (χ0n) is 20.1. The summed E-state index contributed by atoms with van der Waals surface area (Å²) < 4.78 is 5.55. The van der Waals surface area contributed by atoms with Crippen molar-refractivity contribution in [2.45, 2.75) is 26.8 Å². The third-order valence-electron chi connectivity index (χ3n) is 6.30. The number of aryl methyl sites for hydroxylation is 2. The third kappa shape index (κ3) is 3.76. The van der Waals surface area contributed by atoms with Crippen LogP contribution >= 0.6 is 0 Å². The number of imidazole rings is 1. The summed E-state index contributed by atoms with van der Waals surface area (Å²) in [5, 5.41) is 21.7. The highest BCUT2D eigenvalue weighted by Crippen LogP contribution is 2.44. The molecule has 0 saturated carbocycles. The number of aromatic nitrogens is 2. The van der Waals surface area contributed by atoms with Crippen LogP contribution in [0.3, 0.4) is 0 Å². The lowest BCUT2D eigenvalue weighted by molar-refractivity contribution is -0.132. The SMILES string of the molecule is CCOc1cc(C2/C(=C(\O)c3cc(C)ccc3C)C(=O)C(=O)N2c2nc3ccccc3[nH]2)ccc1O. The Morgan fingerprint density at radius 2 is 1.86 bits per heavy atom. The lowest BCUT2D eigenvalue weighted by Crippen LogP contribution is -2.30. The van der Waals surface area contributed by atoms with Gasteiger partial charge < -0.3 is 19.9 Å². The van der Waals surface area contributed by atoms with Gasteiger partial charge in [0.2, 0.25) is 5.95 Å². The van der Waals surface area contributed by atoms with Crippen LogP contribution in [0.5, 0.6) is 11.5 Å². The van der Waals surface area contributed by atoms with E-state index in [2.05, 4.69) is 9.97 Å². The van der Waals surface area contributed by atoms with Crippen molar-refractivity contribution in [1.82, 2.24) is 9.97 Å². The van der Waals surface area contributed by atoms with Crippen LogP contribution in [0.15, 0.2) is 66.2 Å². The molecular formula is C28H25N3O5. The molecule has 1 unspecified atom stereocenters. The van der Waals surface area contributed by atoms with Gasteiger partial charge in [-0.1, -0.05) is 35.9 Å². The van der Waals surface area contributed by atoms with Gasteiger partial charge in [0.05, 0.1) is 29.3 Å². The first-order valence-corrected chi connectivity index (χ1v) is 11.6. The number of nitrogens with zero attached hydrogens (tertiary/aromatic N) is 2. The number of hydrogen-bond donors (Lipinski definition) is 3. The Labute approximate surface area is 207 Å². The molecule has 36 heavy (non-hydrogen) atoms. The van der Waals surface area contributed by atoms with E-state index >= 15 is 0 Å². The van der Waals surface area contributed by atoms with Gasteiger partial charge in [-0.3, -0.25) is 14.5 Å². The van der Waals surface area contributed by atoms with Gasteiger partial charge in [0.25, 0.3) is 5.78 Å². The number of anilines is 1. The molecule has 1 aliphatic heterocycles. The zero-order valence-corrected chi connectivity index (χ0v) is 20.1. The summed E-state index contributed by atoms with van der Waals surface area (Å²) in [5.41, 5.74) is 3.85. The number of carbonyl (C=O) groups excluding carboxylic acids is 2. The number of hydrogen-bond acceptors (Lipinski definition) is 6. The van der Waals surface area contributed by atoms with Crippen LogP contribution in [0.1, 0.15) is 35.2 Å². The second kappa shape index (κ2) is 8.88. The van der Waals surface area contributed by atoms with Crippen molar-refractivity contribution in [1.29, 1.82) is 0 Å². The average Bonchev–Trinajstić information content (AvgIpc) is 3.40. The molecular weight excluding hydrogens is 458 g/mol. The van der Waals surface area contributed by atoms with E-state index in [0.29, 0.717) is 28.8 Å². The van der Waals surface area contributed by atoms with E-state index in [4.69, 9.17) is 4.74 Å². The van der Waals surface area contributed by atoms with Crippen molar-refractivity contribution in [2.75, 3.05) is 11.5 Å². The molecule has 1 atom stereocenters. The first-order valence-electron chi connectivity index (χ1n) is 11.6. The number of aliphatic hydroxyl groups excluding tert-OH is 1. The molecule has 8 nitrogen and oxygen atoms in total. The van der Waals surface area contributed by atoms with Crippen molar-refractivity contribution in [3.63, 3.8) is 0 Å². The fourth-order valence-electron chi connectivity index (χ4n) is 4.53. The Hall–Kier alpha value is -4.59. The van der Waals surface area contributed by atoms with Gasteiger partial charge in [0.15, 0.2) is 11.5 Å². The normalized spacial score (nSPS) is 17.2. The molecule has 1 aromatic heterocycles. The van der Waals surface area contributed by atoms with Crippen molar-refractivity contribution in [3.05, 3.63) is 88.5 Å². The largest absolute Gasteiger partial charge is 0.507 e. The molecule has 2 heterocycles. The molecule has 1 aliphatic rings. The summed E-state index contributed by atoms with van der Waals surface area (Å²) in [7, 11) is 0. The van der Waals surface area contributed by atoms with E-state index in [1.54, 1.807) is 31.2 Å². The molecule has 3 aromatic carbocycles. The molecule has 4 aromatic rings. The number of phenols is 1. The number of aromatic hydroxyl groups is 1. The standard InChI is InChI=1S/C28H25N3O5/c1-4-36-22-14-17(11-12-21(22)32)24-23(25(33)18-13-15(2)9-10-16(18)3)26(34)27(35)31(24)28-29-19-7-5-6-8-20(19)30-28/h5-14,24,32-33H,4H2,1-3H3,(H,29,30)/b25-23+. The Morgan fingerprint density at radius 1 is 1.08 bits per heavy atom. The number of rotatable bonds is 5. The van der Waals surface area contributed by atoms with Crippen LogP contribution in [0, 0.1) is 13.8 Å². The maximum absolute atomic E-state index is 13.4. The number of para-hydroxylation sites is 2. The Morgan fingerprint density at radius 3 is 2.61 bits per heavy atom. The molecule has 8 heteroatoms. The van der Waals surface area contributed by atoms with Gasteiger partial charge in [0.1, 0.15) is 5.76 Å². The number of phenolic OH excluding ortho intramolecular Hbond substituents is 1. The second-order valence-corrected chi connectivity index (χ2v) is 8.73. The van der Waals surface area contributed by atoms with Crippen LogP contribution < -0.4 is 9.64 Å². The van der Waals surface area contributed by atoms with Crippen LogP contribution in [0.4, 0.5) is 5.95 Å². The van der Waals surface area contributed by atoms with E-state index in [0.717, 1.165) is 11.1 Å². The predicted molar refractivity (Wildman–Crippen MR) is 136 cm³/mol. The zero-order chi connectivity index (χ0) is 25.6. The molecule has 0 aliphatic carbocycles. The number of benzene rings is 3. The van der Waals surface area contributed by atoms with E-state index in [9.17, 15) is 19.8 Å². The first-order chi connectivity index (χ1) is 17.3. The molecule has 1 saturated heterocycles. The summed E-state index contributed by atoms with van der Waals surface area (Å²) >= 11 is 0. The maximum Gasteiger partial charge on any atom is 0.302 e. The predicted octanol–water partition coefficient (Wildman–Crippen LogP) is 4.91. The Bertz CT molecular complexity index is 1520. The van der Waals surface area contributed by atoms with E-state index < -0.39 is 17.7 Å². The van der Waals surface area contributed by atoms with Crippen LogP contribution in [0.2, 0.25) is 0 Å². The van der Waals surface area contributed by atoms with Gasteiger partial charge in [-0.25, -0.2) is 4.98 Å². The van der Waals surface area contributed by atoms with Gasteiger partial charge in [-0.2, -0.15) is 0 Å². The lowest BCUT2D eigenvalue weighted by atomic mass is 9.93. The van der Waals surface area contributed by atoms with Crippen molar-refractivity contribution in [2.24, 2.45) is 0 Å². The number of carbonyl (C=O) groups is 2. The number of ketones is 1. The summed E-state index contributed by atoms with van der Waals surface area (Å²) in [5.74, 6) is -1.62. The van der Waals surface area contributed by atoms with Gasteiger partial charge >= 0.3 is 5.91 Å². The van der Waals surface area contributed by atoms with E-state index in [1.807, 2.05) is 44.2 Å². The lowest BCUT2D eigenvalue weighted by Gasteiger charge is -2.24. The fraction of sp³-hybridized carbons (Fsp3) is 0.179. The molecule has 0 bridgehead atoms. The summed E-state index contributed by atoms with van der Waals surface area (Å²) in [6.07, 6.45) is 0. The number of aromatic amines is 1. The van der Waals surface area contributed by atoms with Crippen molar-refractivity contribution in [3.8, 4) is 11.5 Å². The van der Waals surface area contributed by atoms with E-state index in [-0.39, 0.29) is 28.8 Å². The highest BCUT2D eigenvalue weighted by atomic mass is 16.5. The smallest absolute Gasteiger partial charge is 0.302 e. The molecule has 5 rings (SSSR count). The van der Waals surface area contributed by atoms with Crippen molar-refractivity contribution < 1.29 is 24.5 Å². The van der Waals surface area contributed by atoms with Gasteiger partial charge in [0, 0.05) is 5.56 Å². The second-order valence-electron chi connectivity index (χ2n) is 8.73. The maximum atomic E-state index is 13.4. The molecule has 0 spiro atoms. The summed E-state index contributed by atoms with van der Waals surface area (Å²) in [6.45, 7) is 5.80. The van der Waals surface area contributed by atoms with E-state index in [1.165, 1.54) is 11.0 Å². The molecule has 182 valence electrons. The summed E-state index contributed by atoms with van der Waals surface area (Å²) in [6, 6.07) is 16.4. The molecule has 3 N–H and O–H groups in total. The third-order valence-corrected chi connectivity index (χ3v) is 6.30. The van der Waals surface area contributed by atoms with Crippen LogP contribution in [0.25, 0.3) is 16.8 Å². The highest BCUT2D eigenvalue weighted by molar-refractivity contribution is 6.51. The first kappa shape index (κ1) is 23.2. The number of fused-ring (bicyclic) bond motifs is 1. The quantitative estimate of drug-likeness (QED) is 0.211. The fourth-order valence-corrected chi connectivity index (χ4v) is 4.53. The minimum absolute atomic E-state index is 0.0673. The van der Waals surface area contributed by atoms with Crippen molar-refractivity contribution >= 4 is 34.4 Å². The van der Waals surface area contributed by atoms with Crippen LogP contribution in [-0.4, -0.2) is 38.5 Å². The minimum atomic E-state index is -1.01. The molecule has 0 radical (unpaired) electrons. The highest BCUT2D eigenvalue weighted by Gasteiger charge is 2.48. The number of ether oxygens (including phenoxy) is 1. The van der Waals surface area contributed by atoms with Crippen LogP contribution in [-0.2, 0) is 9.59 Å². The summed E-state index contributed by atoms with van der Waals surface area (Å²) in [4.78, 5) is 35.8. The topological polar surface area (TPSA) is 116 Å². The van der Waals surface area contributed by atoms with Gasteiger partial charge in [-0.05, 0) is 62.2 Å². The monoisotopic (exact) mass is 483 g/mol. The number of H-pyrrole nitrogens is 1. The number of aliphatic hydroxyl groups is 1. The number of amides is 1. The number of nitrogens with one attached hydrogen (secondary N) is 1. The molecule has 1 amide bonds. The Balaban J connectivity index is 1.77.